The van der Waals surface area contributed by atoms with Crippen molar-refractivity contribution in [1.82, 2.24) is 4.90 Å². The summed E-state index contributed by atoms with van der Waals surface area (Å²) in [5.41, 5.74) is 3.82. The Labute approximate surface area is 159 Å². The number of carbonyl (C=O) groups excluding carboxylic acids is 1. The van der Waals surface area contributed by atoms with Crippen molar-refractivity contribution in [2.75, 3.05) is 6.79 Å². The van der Waals surface area contributed by atoms with Gasteiger partial charge in [0.05, 0.1) is 0 Å². The first-order valence-electron chi connectivity index (χ1n) is 8.98. The van der Waals surface area contributed by atoms with E-state index >= 15 is 0 Å². The summed E-state index contributed by atoms with van der Waals surface area (Å²) in [7, 11) is 0. The molecule has 4 heteroatoms. The second-order valence-electron chi connectivity index (χ2n) is 6.65. The Morgan fingerprint density at radius 3 is 2.37 bits per heavy atom. The maximum Gasteiger partial charge on any atom is 0.254 e. The number of hydrogen-bond acceptors (Lipinski definition) is 3. The van der Waals surface area contributed by atoms with Gasteiger partial charge in [0.1, 0.15) is 0 Å². The maximum atomic E-state index is 13.3. The van der Waals surface area contributed by atoms with Gasteiger partial charge in [0.2, 0.25) is 6.79 Å². The molecule has 0 bridgehead atoms. The third-order valence-corrected chi connectivity index (χ3v) is 4.69. The summed E-state index contributed by atoms with van der Waals surface area (Å²) in [6.45, 7) is 3.25. The lowest BCUT2D eigenvalue weighted by Gasteiger charge is -2.24. The zero-order valence-corrected chi connectivity index (χ0v) is 15.2. The lowest BCUT2D eigenvalue weighted by molar-refractivity contribution is 0.0729. The summed E-state index contributed by atoms with van der Waals surface area (Å²) >= 11 is 0. The monoisotopic (exact) mass is 359 g/mol. The Bertz CT molecular complexity index is 953. The van der Waals surface area contributed by atoms with Gasteiger partial charge in [0, 0.05) is 18.7 Å². The van der Waals surface area contributed by atoms with Crippen LogP contribution >= 0.6 is 0 Å². The Kier molecular flexibility index (Phi) is 4.79. The predicted molar refractivity (Wildman–Crippen MR) is 104 cm³/mol. The van der Waals surface area contributed by atoms with E-state index in [2.05, 4.69) is 0 Å². The minimum Gasteiger partial charge on any atom is -0.454 e. The Hall–Kier alpha value is -3.27. The zero-order chi connectivity index (χ0) is 18.6. The van der Waals surface area contributed by atoms with Crippen LogP contribution in [0.2, 0.25) is 0 Å². The predicted octanol–water partition coefficient (Wildman–Crippen LogP) is 4.57. The molecular weight excluding hydrogens is 338 g/mol. The van der Waals surface area contributed by atoms with Crippen LogP contribution in [0.5, 0.6) is 11.5 Å². The Balaban J connectivity index is 1.63. The number of aryl methyl sites for hydroxylation is 1. The molecule has 0 saturated heterocycles. The fraction of sp³-hybridized carbons (Fsp3) is 0.174. The first kappa shape index (κ1) is 17.2. The van der Waals surface area contributed by atoms with Gasteiger partial charge in [-0.2, -0.15) is 0 Å². The molecule has 0 aromatic heterocycles. The van der Waals surface area contributed by atoms with E-state index in [-0.39, 0.29) is 12.7 Å². The number of nitrogens with zero attached hydrogens (tertiary/aromatic N) is 1. The summed E-state index contributed by atoms with van der Waals surface area (Å²) in [6.07, 6.45) is 0. The topological polar surface area (TPSA) is 38.8 Å². The van der Waals surface area contributed by atoms with Gasteiger partial charge in [-0.15, -0.1) is 0 Å². The highest BCUT2D eigenvalue weighted by atomic mass is 16.7. The molecule has 27 heavy (non-hydrogen) atoms. The maximum absolute atomic E-state index is 13.3. The number of amides is 1. The molecule has 1 heterocycles. The molecule has 3 aromatic carbocycles. The molecule has 4 nitrogen and oxygen atoms in total. The number of rotatable bonds is 5. The van der Waals surface area contributed by atoms with E-state index in [1.807, 2.05) is 84.6 Å². The SMILES string of the molecule is Cc1ccccc1C(=O)N(Cc1ccccc1)Cc1ccc2c(c1)OCO2. The molecule has 136 valence electrons. The van der Waals surface area contributed by atoms with E-state index in [9.17, 15) is 4.79 Å². The molecule has 0 spiro atoms. The number of benzene rings is 3. The lowest BCUT2D eigenvalue weighted by atomic mass is 10.1. The number of carbonyl (C=O) groups is 1. The van der Waals surface area contributed by atoms with Crippen molar-refractivity contribution in [2.24, 2.45) is 0 Å². The van der Waals surface area contributed by atoms with E-state index in [4.69, 9.17) is 9.47 Å². The largest absolute Gasteiger partial charge is 0.454 e. The molecule has 0 unspecified atom stereocenters. The van der Waals surface area contributed by atoms with Crippen LogP contribution in [0.25, 0.3) is 0 Å². The first-order chi connectivity index (χ1) is 13.2. The zero-order valence-electron chi connectivity index (χ0n) is 15.2. The molecule has 0 atom stereocenters. The van der Waals surface area contributed by atoms with Crippen LogP contribution in [0.4, 0.5) is 0 Å². The minimum absolute atomic E-state index is 0.0228. The van der Waals surface area contributed by atoms with Gasteiger partial charge in [-0.25, -0.2) is 0 Å². The van der Waals surface area contributed by atoms with Gasteiger partial charge in [-0.1, -0.05) is 54.6 Å². The second kappa shape index (κ2) is 7.54. The summed E-state index contributed by atoms with van der Waals surface area (Å²) in [5.74, 6) is 1.50. The molecule has 0 fully saturated rings. The van der Waals surface area contributed by atoms with Crippen molar-refractivity contribution in [3.63, 3.8) is 0 Å². The summed E-state index contributed by atoms with van der Waals surface area (Å²) in [6, 6.07) is 23.6. The molecule has 0 radical (unpaired) electrons. The minimum atomic E-state index is 0.0228. The highest BCUT2D eigenvalue weighted by molar-refractivity contribution is 5.95. The molecule has 3 aromatic rings. The quantitative estimate of drug-likeness (QED) is 0.670. The van der Waals surface area contributed by atoms with Crippen molar-refractivity contribution in [3.8, 4) is 11.5 Å². The van der Waals surface area contributed by atoms with Crippen LogP contribution in [-0.2, 0) is 13.1 Å². The van der Waals surface area contributed by atoms with E-state index < -0.39 is 0 Å². The number of hydrogen-bond donors (Lipinski definition) is 0. The first-order valence-corrected chi connectivity index (χ1v) is 8.98. The van der Waals surface area contributed by atoms with Gasteiger partial charge in [-0.3, -0.25) is 4.79 Å². The highest BCUT2D eigenvalue weighted by Gasteiger charge is 2.20. The molecular formula is C23H21NO3. The Morgan fingerprint density at radius 2 is 1.56 bits per heavy atom. The number of fused-ring (bicyclic) bond motifs is 1. The van der Waals surface area contributed by atoms with Crippen LogP contribution in [0.15, 0.2) is 72.8 Å². The van der Waals surface area contributed by atoms with Gasteiger partial charge in [0.15, 0.2) is 11.5 Å². The van der Waals surface area contributed by atoms with Crippen molar-refractivity contribution < 1.29 is 14.3 Å². The van der Waals surface area contributed by atoms with Crippen molar-refractivity contribution in [2.45, 2.75) is 20.0 Å². The van der Waals surface area contributed by atoms with Crippen molar-refractivity contribution in [1.29, 1.82) is 0 Å². The van der Waals surface area contributed by atoms with Crippen LogP contribution in [0.1, 0.15) is 27.0 Å². The van der Waals surface area contributed by atoms with Gasteiger partial charge in [-0.05, 0) is 41.8 Å². The third-order valence-electron chi connectivity index (χ3n) is 4.69. The van der Waals surface area contributed by atoms with E-state index in [0.717, 1.165) is 33.8 Å². The van der Waals surface area contributed by atoms with Crippen LogP contribution < -0.4 is 9.47 Å². The van der Waals surface area contributed by atoms with Gasteiger partial charge >= 0.3 is 0 Å². The average Bonchev–Trinajstić information content (AvgIpc) is 3.16. The summed E-state index contributed by atoms with van der Waals surface area (Å²) in [4.78, 5) is 15.1. The van der Waals surface area contributed by atoms with Gasteiger partial charge in [0.25, 0.3) is 5.91 Å². The molecule has 0 aliphatic carbocycles. The number of ether oxygens (including phenoxy) is 2. The van der Waals surface area contributed by atoms with Crippen molar-refractivity contribution >= 4 is 5.91 Å². The molecule has 1 amide bonds. The molecule has 0 saturated carbocycles. The summed E-state index contributed by atoms with van der Waals surface area (Å²) in [5, 5.41) is 0. The fourth-order valence-corrected chi connectivity index (χ4v) is 3.25. The van der Waals surface area contributed by atoms with E-state index in [1.165, 1.54) is 0 Å². The molecule has 0 N–H and O–H groups in total. The summed E-state index contributed by atoms with van der Waals surface area (Å²) < 4.78 is 10.9. The third kappa shape index (κ3) is 3.80. The van der Waals surface area contributed by atoms with E-state index in [0.29, 0.717) is 13.1 Å². The van der Waals surface area contributed by atoms with Gasteiger partial charge < -0.3 is 14.4 Å². The van der Waals surface area contributed by atoms with Crippen molar-refractivity contribution in [3.05, 3.63) is 95.1 Å². The van der Waals surface area contributed by atoms with E-state index in [1.54, 1.807) is 0 Å². The standard InChI is InChI=1S/C23H21NO3/c1-17-7-5-6-10-20(17)23(25)24(14-18-8-3-2-4-9-18)15-19-11-12-21-22(13-19)27-16-26-21/h2-13H,14-16H2,1H3. The van der Waals surface area contributed by atoms with Crippen LogP contribution in [0, 0.1) is 6.92 Å². The van der Waals surface area contributed by atoms with Crippen LogP contribution in [-0.4, -0.2) is 17.6 Å². The fourth-order valence-electron chi connectivity index (χ4n) is 3.25. The molecule has 4 rings (SSSR count). The second-order valence-corrected chi connectivity index (χ2v) is 6.65. The lowest BCUT2D eigenvalue weighted by Crippen LogP contribution is -2.30. The highest BCUT2D eigenvalue weighted by Crippen LogP contribution is 2.33. The molecule has 1 aliphatic rings. The molecule has 1 aliphatic heterocycles. The average molecular weight is 359 g/mol. The smallest absolute Gasteiger partial charge is 0.254 e. The van der Waals surface area contributed by atoms with Crippen LogP contribution in [0.3, 0.4) is 0 Å². The normalized spacial score (nSPS) is 12.0. The Morgan fingerprint density at radius 1 is 0.852 bits per heavy atom.